The second-order valence-corrected chi connectivity index (χ2v) is 6.47. The third-order valence-electron chi connectivity index (χ3n) is 4.25. The molecule has 30 heavy (non-hydrogen) atoms. The fraction of sp³-hybridized carbons (Fsp3) is 0.286. The van der Waals surface area contributed by atoms with Gasteiger partial charge in [-0.25, -0.2) is 0 Å². The maximum absolute atomic E-state index is 12.6. The Balaban J connectivity index is 1.63. The lowest BCUT2D eigenvalue weighted by Crippen LogP contribution is -2.27. The van der Waals surface area contributed by atoms with Gasteiger partial charge in [0.2, 0.25) is 0 Å². The van der Waals surface area contributed by atoms with E-state index in [2.05, 4.69) is 15.7 Å². The van der Waals surface area contributed by atoms with E-state index in [9.17, 15) is 9.59 Å². The number of ether oxygens (including phenoxy) is 2. The molecule has 2 amide bonds. The molecular weight excluding hydrogens is 388 g/mol. The first-order valence-corrected chi connectivity index (χ1v) is 9.49. The number of hydrogen-bond donors (Lipinski definition) is 2. The van der Waals surface area contributed by atoms with E-state index in [0.717, 1.165) is 6.42 Å². The molecule has 0 saturated carbocycles. The monoisotopic (exact) mass is 412 g/mol. The maximum Gasteiger partial charge on any atom is 0.291 e. The Bertz CT molecular complexity index is 1020. The number of carbonyl (C=O) groups is 2. The summed E-state index contributed by atoms with van der Waals surface area (Å²) < 4.78 is 17.8. The van der Waals surface area contributed by atoms with Crippen molar-refractivity contribution in [1.82, 2.24) is 15.1 Å². The van der Waals surface area contributed by atoms with Gasteiger partial charge in [-0.05, 0) is 30.7 Å². The minimum absolute atomic E-state index is 0.100. The van der Waals surface area contributed by atoms with Gasteiger partial charge in [-0.15, -0.1) is 0 Å². The van der Waals surface area contributed by atoms with Crippen molar-refractivity contribution in [1.29, 1.82) is 0 Å². The Hall–Kier alpha value is -3.75. The van der Waals surface area contributed by atoms with Crippen LogP contribution in [0.3, 0.4) is 0 Å². The lowest BCUT2D eigenvalue weighted by atomic mass is 10.3. The van der Waals surface area contributed by atoms with E-state index in [-0.39, 0.29) is 24.0 Å². The Kier molecular flexibility index (Phi) is 6.74. The largest absolute Gasteiger partial charge is 0.497 e. The Morgan fingerprint density at radius 1 is 1.17 bits per heavy atom. The van der Waals surface area contributed by atoms with Crippen molar-refractivity contribution in [3.8, 4) is 11.5 Å². The first-order valence-electron chi connectivity index (χ1n) is 9.49. The number of methoxy groups -OCH3 is 1. The number of nitrogens with zero attached hydrogens (tertiary/aromatic N) is 2. The molecule has 0 aliphatic carbocycles. The zero-order valence-electron chi connectivity index (χ0n) is 17.1. The summed E-state index contributed by atoms with van der Waals surface area (Å²) in [5, 5.41) is 9.50. The molecule has 0 radical (unpaired) electrons. The molecular formula is C21H24N4O5. The van der Waals surface area contributed by atoms with E-state index in [1.54, 1.807) is 38.4 Å². The molecule has 9 heteroatoms. The molecule has 9 nitrogen and oxygen atoms in total. The fourth-order valence-electron chi connectivity index (χ4n) is 2.73. The van der Waals surface area contributed by atoms with Gasteiger partial charge in [-0.3, -0.25) is 14.3 Å². The number of benzene rings is 1. The number of aryl methyl sites for hydroxylation is 1. The number of aromatic nitrogens is 2. The second kappa shape index (κ2) is 9.64. The van der Waals surface area contributed by atoms with E-state index in [1.807, 2.05) is 19.1 Å². The second-order valence-electron chi connectivity index (χ2n) is 6.47. The molecule has 3 rings (SSSR count). The lowest BCUT2D eigenvalue weighted by Gasteiger charge is -2.07. The summed E-state index contributed by atoms with van der Waals surface area (Å²) in [5.74, 6) is 1.09. The summed E-state index contributed by atoms with van der Waals surface area (Å²) in [6, 6.07) is 10.4. The Morgan fingerprint density at radius 2 is 1.97 bits per heavy atom. The topological polar surface area (TPSA) is 108 Å². The minimum Gasteiger partial charge on any atom is -0.497 e. The molecule has 2 aromatic heterocycles. The highest BCUT2D eigenvalue weighted by Gasteiger charge is 2.20. The van der Waals surface area contributed by atoms with Gasteiger partial charge in [0.1, 0.15) is 29.6 Å². The van der Waals surface area contributed by atoms with Crippen LogP contribution in [0.5, 0.6) is 11.5 Å². The van der Waals surface area contributed by atoms with Crippen LogP contribution in [0.4, 0.5) is 5.69 Å². The number of hydrogen-bond acceptors (Lipinski definition) is 6. The molecule has 2 N–H and O–H groups in total. The third-order valence-corrected chi connectivity index (χ3v) is 4.25. The van der Waals surface area contributed by atoms with Crippen LogP contribution in [-0.4, -0.2) is 35.2 Å². The normalized spacial score (nSPS) is 10.5. The molecule has 1 aromatic carbocycles. The van der Waals surface area contributed by atoms with Gasteiger partial charge in [0.05, 0.1) is 19.0 Å². The highest BCUT2D eigenvalue weighted by Crippen LogP contribution is 2.21. The van der Waals surface area contributed by atoms with Crippen LogP contribution < -0.4 is 20.1 Å². The Morgan fingerprint density at radius 3 is 2.73 bits per heavy atom. The standard InChI is InChI=1S/C21H24N4O5/c1-4-10-22-21(27)19-17(12-23-25(19)2)24-20(26)18-9-8-16(30-18)13-29-15-7-5-6-14(11-15)28-3/h5-9,11-12H,4,10,13H2,1-3H3,(H,22,27)(H,24,26). The SMILES string of the molecule is CCCNC(=O)c1c(NC(=O)c2ccc(COc3cccc(OC)c3)o2)cnn1C. The molecule has 0 aliphatic rings. The number of nitrogens with one attached hydrogen (secondary N) is 2. The summed E-state index contributed by atoms with van der Waals surface area (Å²) >= 11 is 0. The molecule has 0 bridgehead atoms. The van der Waals surface area contributed by atoms with Crippen LogP contribution in [0.2, 0.25) is 0 Å². The summed E-state index contributed by atoms with van der Waals surface area (Å²) in [4.78, 5) is 24.9. The van der Waals surface area contributed by atoms with Crippen LogP contribution in [0.25, 0.3) is 0 Å². The highest BCUT2D eigenvalue weighted by molar-refractivity contribution is 6.07. The summed E-state index contributed by atoms with van der Waals surface area (Å²) in [6.07, 6.45) is 2.23. The number of amides is 2. The van der Waals surface area contributed by atoms with Crippen LogP contribution >= 0.6 is 0 Å². The number of furan rings is 1. The van der Waals surface area contributed by atoms with E-state index in [4.69, 9.17) is 13.9 Å². The van der Waals surface area contributed by atoms with Crippen LogP contribution in [-0.2, 0) is 13.7 Å². The molecule has 0 fully saturated rings. The van der Waals surface area contributed by atoms with Gasteiger partial charge in [0.15, 0.2) is 5.76 Å². The molecule has 0 unspecified atom stereocenters. The van der Waals surface area contributed by atoms with E-state index in [1.165, 1.54) is 10.9 Å². The van der Waals surface area contributed by atoms with Crippen molar-refractivity contribution in [2.75, 3.05) is 19.0 Å². The summed E-state index contributed by atoms with van der Waals surface area (Å²) in [7, 11) is 3.22. The van der Waals surface area contributed by atoms with Crippen molar-refractivity contribution in [3.63, 3.8) is 0 Å². The maximum atomic E-state index is 12.6. The molecule has 0 spiro atoms. The van der Waals surface area contributed by atoms with Crippen molar-refractivity contribution in [3.05, 3.63) is 59.8 Å². The summed E-state index contributed by atoms with van der Waals surface area (Å²) in [5.41, 5.74) is 0.576. The average molecular weight is 412 g/mol. The molecule has 0 atom stereocenters. The zero-order valence-corrected chi connectivity index (χ0v) is 17.1. The molecule has 2 heterocycles. The predicted octanol–water partition coefficient (Wildman–Crippen LogP) is 2.99. The van der Waals surface area contributed by atoms with Gasteiger partial charge in [-0.1, -0.05) is 13.0 Å². The van der Waals surface area contributed by atoms with Crippen LogP contribution in [0.15, 0.2) is 47.0 Å². The van der Waals surface area contributed by atoms with Gasteiger partial charge in [0, 0.05) is 19.7 Å². The minimum atomic E-state index is -0.486. The predicted molar refractivity (Wildman–Crippen MR) is 110 cm³/mol. The van der Waals surface area contributed by atoms with Crippen LogP contribution in [0.1, 0.15) is 40.1 Å². The highest BCUT2D eigenvalue weighted by atomic mass is 16.5. The van der Waals surface area contributed by atoms with Crippen molar-refractivity contribution >= 4 is 17.5 Å². The van der Waals surface area contributed by atoms with E-state index < -0.39 is 5.91 Å². The first kappa shape index (κ1) is 21.0. The quantitative estimate of drug-likeness (QED) is 0.559. The fourth-order valence-corrected chi connectivity index (χ4v) is 2.73. The molecule has 158 valence electrons. The number of anilines is 1. The molecule has 0 aliphatic heterocycles. The van der Waals surface area contributed by atoms with E-state index >= 15 is 0 Å². The molecule has 0 saturated heterocycles. The number of rotatable bonds is 9. The van der Waals surface area contributed by atoms with Gasteiger partial charge in [-0.2, -0.15) is 5.10 Å². The van der Waals surface area contributed by atoms with E-state index in [0.29, 0.717) is 29.5 Å². The molecule has 3 aromatic rings. The third kappa shape index (κ3) is 4.99. The number of carbonyl (C=O) groups excluding carboxylic acids is 2. The summed E-state index contributed by atoms with van der Waals surface area (Å²) in [6.45, 7) is 2.64. The van der Waals surface area contributed by atoms with Crippen molar-refractivity contribution < 1.29 is 23.5 Å². The average Bonchev–Trinajstić information content (AvgIpc) is 3.37. The van der Waals surface area contributed by atoms with Crippen LogP contribution in [0, 0.1) is 0 Å². The van der Waals surface area contributed by atoms with Crippen molar-refractivity contribution in [2.24, 2.45) is 7.05 Å². The van der Waals surface area contributed by atoms with Gasteiger partial charge >= 0.3 is 0 Å². The van der Waals surface area contributed by atoms with Gasteiger partial charge in [0.25, 0.3) is 11.8 Å². The zero-order chi connectivity index (χ0) is 21.5. The van der Waals surface area contributed by atoms with Crippen molar-refractivity contribution in [2.45, 2.75) is 20.0 Å². The smallest absolute Gasteiger partial charge is 0.291 e. The Labute approximate surface area is 174 Å². The first-order chi connectivity index (χ1) is 14.5. The lowest BCUT2D eigenvalue weighted by molar-refractivity contribution is 0.0945. The van der Waals surface area contributed by atoms with Gasteiger partial charge < -0.3 is 24.5 Å².